The third kappa shape index (κ3) is 4.93. The lowest BCUT2D eigenvalue weighted by Crippen LogP contribution is -2.35. The fraction of sp³-hybridized carbons (Fsp3) is 0.500. The molecule has 0 aliphatic carbocycles. The molecule has 18 heavy (non-hydrogen) atoms. The second-order valence-electron chi connectivity index (χ2n) is 4.00. The van der Waals surface area contributed by atoms with Crippen molar-refractivity contribution < 1.29 is 22.6 Å². The normalized spacial score (nSPS) is 15.2. The Morgan fingerprint density at radius 1 is 1.22 bits per heavy atom. The number of halogens is 3. The van der Waals surface area contributed by atoms with Crippen molar-refractivity contribution >= 4 is 0 Å². The average molecular weight is 263 g/mol. The number of hydrogen-bond acceptors (Lipinski definition) is 3. The van der Waals surface area contributed by atoms with E-state index in [2.05, 4.69) is 4.74 Å². The van der Waals surface area contributed by atoms with Gasteiger partial charge in [0.15, 0.2) is 0 Å². The minimum atomic E-state index is -4.66. The van der Waals surface area contributed by atoms with E-state index in [4.69, 9.17) is 10.5 Å². The molecule has 0 heterocycles. The lowest BCUT2D eigenvalue weighted by Gasteiger charge is -2.18. The zero-order valence-corrected chi connectivity index (χ0v) is 10.2. The molecule has 0 aliphatic heterocycles. The molecular formula is C12H16F3NO2. The van der Waals surface area contributed by atoms with E-state index in [-0.39, 0.29) is 17.9 Å². The molecule has 0 saturated heterocycles. The molecule has 6 heteroatoms. The number of benzene rings is 1. The van der Waals surface area contributed by atoms with Crippen molar-refractivity contribution in [3.8, 4) is 5.75 Å². The Kier molecular flexibility index (Phi) is 4.98. The summed E-state index contributed by atoms with van der Waals surface area (Å²) in [5.41, 5.74) is 6.70. The van der Waals surface area contributed by atoms with Crippen molar-refractivity contribution in [2.75, 3.05) is 7.11 Å². The van der Waals surface area contributed by atoms with Crippen LogP contribution in [0.25, 0.3) is 0 Å². The van der Waals surface area contributed by atoms with Crippen LogP contribution in [0.15, 0.2) is 24.3 Å². The van der Waals surface area contributed by atoms with E-state index in [9.17, 15) is 13.2 Å². The first kappa shape index (κ1) is 14.8. The van der Waals surface area contributed by atoms with Crippen LogP contribution >= 0.6 is 0 Å². The number of hydrogen-bond donors (Lipinski definition) is 1. The SMILES string of the molecule is COC(C)C(N)Cc1ccc(OC(F)(F)F)cc1. The molecule has 2 N–H and O–H groups in total. The third-order valence-corrected chi connectivity index (χ3v) is 2.60. The molecule has 0 fully saturated rings. The topological polar surface area (TPSA) is 44.5 Å². The lowest BCUT2D eigenvalue weighted by atomic mass is 10.0. The van der Waals surface area contributed by atoms with Gasteiger partial charge in [-0.05, 0) is 31.0 Å². The van der Waals surface area contributed by atoms with Crippen molar-refractivity contribution in [3.05, 3.63) is 29.8 Å². The van der Waals surface area contributed by atoms with Crippen LogP contribution in [0.4, 0.5) is 13.2 Å². The van der Waals surface area contributed by atoms with Crippen LogP contribution < -0.4 is 10.5 Å². The number of nitrogens with two attached hydrogens (primary N) is 1. The molecule has 0 aromatic heterocycles. The molecule has 102 valence electrons. The van der Waals surface area contributed by atoms with Gasteiger partial charge in [0.1, 0.15) is 5.75 Å². The maximum absolute atomic E-state index is 11.9. The first-order chi connectivity index (χ1) is 8.31. The van der Waals surface area contributed by atoms with Crippen LogP contribution in [0.5, 0.6) is 5.75 Å². The fourth-order valence-electron chi connectivity index (χ4n) is 1.44. The van der Waals surface area contributed by atoms with Crippen LogP contribution in [0, 0.1) is 0 Å². The third-order valence-electron chi connectivity index (χ3n) is 2.60. The molecule has 1 aromatic rings. The summed E-state index contributed by atoms with van der Waals surface area (Å²) in [4.78, 5) is 0. The van der Waals surface area contributed by atoms with Crippen molar-refractivity contribution in [2.45, 2.75) is 31.9 Å². The Morgan fingerprint density at radius 3 is 2.22 bits per heavy atom. The smallest absolute Gasteiger partial charge is 0.406 e. The average Bonchev–Trinajstić information content (AvgIpc) is 2.28. The number of methoxy groups -OCH3 is 1. The standard InChI is InChI=1S/C12H16F3NO2/c1-8(17-2)11(16)7-9-3-5-10(6-4-9)18-12(13,14)15/h3-6,8,11H,7,16H2,1-2H3. The van der Waals surface area contributed by atoms with E-state index in [1.54, 1.807) is 19.2 Å². The van der Waals surface area contributed by atoms with Gasteiger partial charge in [-0.1, -0.05) is 12.1 Å². The van der Waals surface area contributed by atoms with Gasteiger partial charge in [-0.15, -0.1) is 13.2 Å². The second kappa shape index (κ2) is 6.06. The van der Waals surface area contributed by atoms with Gasteiger partial charge in [-0.2, -0.15) is 0 Å². The summed E-state index contributed by atoms with van der Waals surface area (Å²) >= 11 is 0. The molecule has 3 nitrogen and oxygen atoms in total. The first-order valence-electron chi connectivity index (χ1n) is 5.45. The highest BCUT2D eigenvalue weighted by molar-refractivity contribution is 5.28. The highest BCUT2D eigenvalue weighted by Crippen LogP contribution is 2.23. The van der Waals surface area contributed by atoms with Crippen LogP contribution in [-0.4, -0.2) is 25.6 Å². The maximum atomic E-state index is 11.9. The molecule has 2 atom stereocenters. The predicted octanol–water partition coefficient (Wildman–Crippen LogP) is 2.49. The highest BCUT2D eigenvalue weighted by atomic mass is 19.4. The van der Waals surface area contributed by atoms with Gasteiger partial charge in [-0.3, -0.25) is 0 Å². The van der Waals surface area contributed by atoms with Crippen LogP contribution in [-0.2, 0) is 11.2 Å². The van der Waals surface area contributed by atoms with E-state index in [0.29, 0.717) is 6.42 Å². The largest absolute Gasteiger partial charge is 0.573 e. The summed E-state index contributed by atoms with van der Waals surface area (Å²) in [6, 6.07) is 5.46. The molecule has 0 aliphatic rings. The summed E-state index contributed by atoms with van der Waals surface area (Å²) in [5.74, 6) is -0.236. The number of rotatable bonds is 5. The lowest BCUT2D eigenvalue weighted by molar-refractivity contribution is -0.274. The number of ether oxygens (including phenoxy) is 2. The fourth-order valence-corrected chi connectivity index (χ4v) is 1.44. The van der Waals surface area contributed by atoms with Crippen LogP contribution in [0.2, 0.25) is 0 Å². The van der Waals surface area contributed by atoms with Crippen LogP contribution in [0.3, 0.4) is 0 Å². The van der Waals surface area contributed by atoms with E-state index >= 15 is 0 Å². The van der Waals surface area contributed by atoms with Gasteiger partial charge in [0, 0.05) is 13.2 Å². The van der Waals surface area contributed by atoms with Crippen LogP contribution in [0.1, 0.15) is 12.5 Å². The van der Waals surface area contributed by atoms with Gasteiger partial charge in [0.25, 0.3) is 0 Å². The summed E-state index contributed by atoms with van der Waals surface area (Å²) < 4.78 is 44.7. The Hall–Kier alpha value is -1.27. The summed E-state index contributed by atoms with van der Waals surface area (Å²) in [6.45, 7) is 1.84. The van der Waals surface area contributed by atoms with E-state index in [1.807, 2.05) is 6.92 Å². The molecule has 0 saturated carbocycles. The Bertz CT molecular complexity index is 365. The van der Waals surface area contributed by atoms with E-state index in [1.165, 1.54) is 12.1 Å². The van der Waals surface area contributed by atoms with E-state index in [0.717, 1.165) is 5.56 Å². The van der Waals surface area contributed by atoms with Crippen molar-refractivity contribution in [1.29, 1.82) is 0 Å². The zero-order valence-electron chi connectivity index (χ0n) is 10.2. The van der Waals surface area contributed by atoms with Gasteiger partial charge >= 0.3 is 6.36 Å². The second-order valence-corrected chi connectivity index (χ2v) is 4.00. The van der Waals surface area contributed by atoms with E-state index < -0.39 is 6.36 Å². The van der Waals surface area contributed by atoms with Crippen molar-refractivity contribution in [2.24, 2.45) is 5.73 Å². The summed E-state index contributed by atoms with van der Waals surface area (Å²) in [6.07, 6.45) is -4.25. The summed E-state index contributed by atoms with van der Waals surface area (Å²) in [5, 5.41) is 0. The minimum absolute atomic E-state index is 0.115. The summed E-state index contributed by atoms with van der Waals surface area (Å²) in [7, 11) is 1.56. The molecular weight excluding hydrogens is 247 g/mol. The minimum Gasteiger partial charge on any atom is -0.406 e. The van der Waals surface area contributed by atoms with Crippen molar-refractivity contribution in [3.63, 3.8) is 0 Å². The van der Waals surface area contributed by atoms with Gasteiger partial charge in [0.2, 0.25) is 0 Å². The van der Waals surface area contributed by atoms with Gasteiger partial charge in [0.05, 0.1) is 6.10 Å². The molecule has 0 radical (unpaired) electrons. The monoisotopic (exact) mass is 263 g/mol. The molecule has 0 bridgehead atoms. The van der Waals surface area contributed by atoms with Gasteiger partial charge in [-0.25, -0.2) is 0 Å². The highest BCUT2D eigenvalue weighted by Gasteiger charge is 2.30. The molecule has 1 rings (SSSR count). The predicted molar refractivity (Wildman–Crippen MR) is 61.3 cm³/mol. The zero-order chi connectivity index (χ0) is 13.8. The van der Waals surface area contributed by atoms with Crippen molar-refractivity contribution in [1.82, 2.24) is 0 Å². The molecule has 1 aromatic carbocycles. The quantitative estimate of drug-likeness (QED) is 0.887. The number of alkyl halides is 3. The maximum Gasteiger partial charge on any atom is 0.573 e. The molecule has 2 unspecified atom stereocenters. The van der Waals surface area contributed by atoms with Gasteiger partial charge < -0.3 is 15.2 Å². The Balaban J connectivity index is 2.60. The Morgan fingerprint density at radius 2 is 1.78 bits per heavy atom. The molecule has 0 amide bonds. The molecule has 0 spiro atoms. The first-order valence-corrected chi connectivity index (χ1v) is 5.45. The Labute approximate surface area is 104 Å².